The Morgan fingerprint density at radius 2 is 2.13 bits per heavy atom. The second-order valence-corrected chi connectivity index (χ2v) is 3.48. The number of benzene rings is 1. The average Bonchev–Trinajstić information content (AvgIpc) is 2.30. The van der Waals surface area contributed by atoms with E-state index in [4.69, 9.17) is 10.5 Å². The van der Waals surface area contributed by atoms with Crippen molar-refractivity contribution in [1.29, 1.82) is 0 Å². The SMILES string of the molecule is CCCNC(CN)c1ccccc1OC. The van der Waals surface area contributed by atoms with Gasteiger partial charge in [-0.1, -0.05) is 25.1 Å². The maximum atomic E-state index is 5.75. The molecule has 1 rings (SSSR count). The Hall–Kier alpha value is -1.06. The summed E-state index contributed by atoms with van der Waals surface area (Å²) in [5, 5.41) is 3.41. The number of nitrogens with two attached hydrogens (primary N) is 1. The lowest BCUT2D eigenvalue weighted by Crippen LogP contribution is -2.29. The number of ether oxygens (including phenoxy) is 1. The predicted molar refractivity (Wildman–Crippen MR) is 63.1 cm³/mol. The first kappa shape index (κ1) is 12.0. The van der Waals surface area contributed by atoms with E-state index in [1.54, 1.807) is 7.11 Å². The van der Waals surface area contributed by atoms with E-state index < -0.39 is 0 Å². The molecule has 0 aromatic heterocycles. The largest absolute Gasteiger partial charge is 0.496 e. The predicted octanol–water partition coefficient (Wildman–Crippen LogP) is 1.69. The summed E-state index contributed by atoms with van der Waals surface area (Å²) in [7, 11) is 1.69. The Bertz CT molecular complexity index is 289. The van der Waals surface area contributed by atoms with Gasteiger partial charge in [0.25, 0.3) is 0 Å². The standard InChI is InChI=1S/C12H20N2O/c1-3-8-14-11(9-13)10-6-4-5-7-12(10)15-2/h4-7,11,14H,3,8-9,13H2,1-2H3. The van der Waals surface area contributed by atoms with Crippen LogP contribution in [0.5, 0.6) is 5.75 Å². The van der Waals surface area contributed by atoms with Crippen molar-refractivity contribution in [3.63, 3.8) is 0 Å². The van der Waals surface area contributed by atoms with Crippen molar-refractivity contribution < 1.29 is 4.74 Å². The minimum Gasteiger partial charge on any atom is -0.496 e. The topological polar surface area (TPSA) is 47.3 Å². The van der Waals surface area contributed by atoms with Crippen LogP contribution in [-0.2, 0) is 0 Å². The third-order valence-electron chi connectivity index (χ3n) is 2.39. The monoisotopic (exact) mass is 208 g/mol. The zero-order valence-electron chi connectivity index (χ0n) is 9.49. The van der Waals surface area contributed by atoms with E-state index in [-0.39, 0.29) is 6.04 Å². The van der Waals surface area contributed by atoms with Crippen LogP contribution in [0.2, 0.25) is 0 Å². The van der Waals surface area contributed by atoms with Crippen LogP contribution >= 0.6 is 0 Å². The van der Waals surface area contributed by atoms with Crippen molar-refractivity contribution in [3.05, 3.63) is 29.8 Å². The molecule has 1 atom stereocenters. The van der Waals surface area contributed by atoms with Gasteiger partial charge >= 0.3 is 0 Å². The first-order chi connectivity index (χ1) is 7.33. The molecule has 1 aromatic rings. The lowest BCUT2D eigenvalue weighted by Gasteiger charge is -2.19. The van der Waals surface area contributed by atoms with E-state index in [2.05, 4.69) is 18.3 Å². The molecule has 1 aromatic carbocycles. The molecule has 3 heteroatoms. The molecule has 0 saturated carbocycles. The minimum atomic E-state index is 0.182. The van der Waals surface area contributed by atoms with Crippen molar-refractivity contribution in [1.82, 2.24) is 5.32 Å². The van der Waals surface area contributed by atoms with Crippen LogP contribution < -0.4 is 15.8 Å². The maximum absolute atomic E-state index is 5.75. The normalized spacial score (nSPS) is 12.5. The van der Waals surface area contributed by atoms with Gasteiger partial charge in [0.15, 0.2) is 0 Å². The van der Waals surface area contributed by atoms with Gasteiger partial charge in [-0.25, -0.2) is 0 Å². The highest BCUT2D eigenvalue weighted by atomic mass is 16.5. The lowest BCUT2D eigenvalue weighted by molar-refractivity contribution is 0.399. The van der Waals surface area contributed by atoms with E-state index in [0.29, 0.717) is 6.54 Å². The molecule has 0 spiro atoms. The number of hydrogen-bond acceptors (Lipinski definition) is 3. The highest BCUT2D eigenvalue weighted by Crippen LogP contribution is 2.23. The molecule has 15 heavy (non-hydrogen) atoms. The van der Waals surface area contributed by atoms with Crippen LogP contribution in [0.1, 0.15) is 24.9 Å². The molecule has 3 N–H and O–H groups in total. The van der Waals surface area contributed by atoms with Crippen LogP contribution in [-0.4, -0.2) is 20.2 Å². The Morgan fingerprint density at radius 3 is 2.73 bits per heavy atom. The van der Waals surface area contributed by atoms with Gasteiger partial charge in [0.1, 0.15) is 5.75 Å². The van der Waals surface area contributed by atoms with Crippen LogP contribution in [0.25, 0.3) is 0 Å². The first-order valence-electron chi connectivity index (χ1n) is 5.39. The molecule has 0 heterocycles. The highest BCUT2D eigenvalue weighted by molar-refractivity contribution is 5.36. The summed E-state index contributed by atoms with van der Waals surface area (Å²) in [5.74, 6) is 0.900. The third-order valence-corrected chi connectivity index (χ3v) is 2.39. The van der Waals surface area contributed by atoms with Crippen LogP contribution in [0.15, 0.2) is 24.3 Å². The molecule has 3 nitrogen and oxygen atoms in total. The van der Waals surface area contributed by atoms with Crippen molar-refractivity contribution in [2.24, 2.45) is 5.73 Å². The molecule has 0 aliphatic rings. The van der Waals surface area contributed by atoms with Gasteiger partial charge in [0, 0.05) is 18.2 Å². The molecule has 0 aliphatic carbocycles. The zero-order valence-corrected chi connectivity index (χ0v) is 9.49. The number of rotatable bonds is 6. The molecule has 1 unspecified atom stereocenters. The summed E-state index contributed by atoms with van der Waals surface area (Å²) < 4.78 is 5.31. The van der Waals surface area contributed by atoms with E-state index >= 15 is 0 Å². The number of hydrogen-bond donors (Lipinski definition) is 2. The van der Waals surface area contributed by atoms with Crippen molar-refractivity contribution >= 4 is 0 Å². The summed E-state index contributed by atoms with van der Waals surface area (Å²) in [6, 6.07) is 8.18. The number of nitrogens with one attached hydrogen (secondary N) is 1. The molecule has 0 fully saturated rings. The van der Waals surface area contributed by atoms with Crippen LogP contribution in [0, 0.1) is 0 Å². The van der Waals surface area contributed by atoms with Gasteiger partial charge in [0.05, 0.1) is 7.11 Å². The fourth-order valence-electron chi connectivity index (χ4n) is 1.59. The smallest absolute Gasteiger partial charge is 0.123 e. The Kier molecular flexibility index (Phi) is 5.15. The van der Waals surface area contributed by atoms with E-state index in [1.807, 2.05) is 18.2 Å². The van der Waals surface area contributed by atoms with E-state index in [1.165, 1.54) is 0 Å². The Balaban J connectivity index is 2.80. The lowest BCUT2D eigenvalue weighted by atomic mass is 10.1. The second kappa shape index (κ2) is 6.43. The van der Waals surface area contributed by atoms with E-state index in [0.717, 1.165) is 24.3 Å². The summed E-state index contributed by atoms with van der Waals surface area (Å²) in [6.45, 7) is 3.70. The summed E-state index contributed by atoms with van der Waals surface area (Å²) in [6.07, 6.45) is 1.10. The highest BCUT2D eigenvalue weighted by Gasteiger charge is 2.12. The van der Waals surface area contributed by atoms with Gasteiger partial charge in [0.2, 0.25) is 0 Å². The van der Waals surface area contributed by atoms with Gasteiger partial charge in [-0.05, 0) is 19.0 Å². The molecule has 0 saturated heterocycles. The molecular formula is C12H20N2O. The molecular weight excluding hydrogens is 188 g/mol. The molecule has 84 valence electrons. The van der Waals surface area contributed by atoms with Crippen LogP contribution in [0.3, 0.4) is 0 Å². The summed E-state index contributed by atoms with van der Waals surface area (Å²) in [4.78, 5) is 0. The average molecular weight is 208 g/mol. The Labute approximate surface area is 91.6 Å². The van der Waals surface area contributed by atoms with Crippen molar-refractivity contribution in [2.75, 3.05) is 20.2 Å². The molecule has 0 radical (unpaired) electrons. The first-order valence-corrected chi connectivity index (χ1v) is 5.39. The maximum Gasteiger partial charge on any atom is 0.123 e. The molecule has 0 amide bonds. The molecule has 0 aliphatic heterocycles. The number of methoxy groups -OCH3 is 1. The number of para-hydroxylation sites is 1. The molecule has 0 bridgehead atoms. The Morgan fingerprint density at radius 1 is 1.40 bits per heavy atom. The van der Waals surface area contributed by atoms with Gasteiger partial charge in [-0.3, -0.25) is 0 Å². The zero-order chi connectivity index (χ0) is 11.1. The minimum absolute atomic E-state index is 0.182. The van der Waals surface area contributed by atoms with Crippen molar-refractivity contribution in [2.45, 2.75) is 19.4 Å². The third kappa shape index (κ3) is 3.22. The van der Waals surface area contributed by atoms with Crippen molar-refractivity contribution in [3.8, 4) is 5.75 Å². The quantitative estimate of drug-likeness (QED) is 0.748. The second-order valence-electron chi connectivity index (χ2n) is 3.48. The summed E-state index contributed by atoms with van der Waals surface area (Å²) >= 11 is 0. The summed E-state index contributed by atoms with van der Waals surface area (Å²) in [5.41, 5.74) is 6.89. The fourth-order valence-corrected chi connectivity index (χ4v) is 1.59. The van der Waals surface area contributed by atoms with Gasteiger partial charge in [-0.2, -0.15) is 0 Å². The van der Waals surface area contributed by atoms with Gasteiger partial charge in [-0.15, -0.1) is 0 Å². The van der Waals surface area contributed by atoms with Crippen LogP contribution in [0.4, 0.5) is 0 Å². The fraction of sp³-hybridized carbons (Fsp3) is 0.500. The van der Waals surface area contributed by atoms with Gasteiger partial charge < -0.3 is 15.8 Å². The van der Waals surface area contributed by atoms with E-state index in [9.17, 15) is 0 Å².